The highest BCUT2D eigenvalue weighted by atomic mass is 32.2. The highest BCUT2D eigenvalue weighted by molar-refractivity contribution is 7.98. The van der Waals surface area contributed by atoms with Crippen LogP contribution in [0.3, 0.4) is 0 Å². The average molecular weight is 282 g/mol. The van der Waals surface area contributed by atoms with E-state index in [9.17, 15) is 0 Å². The average Bonchev–Trinajstić information content (AvgIpc) is 2.42. The van der Waals surface area contributed by atoms with Gasteiger partial charge in [-0.1, -0.05) is 6.07 Å². The van der Waals surface area contributed by atoms with Crippen molar-refractivity contribution in [2.45, 2.75) is 32.4 Å². The second-order valence-electron chi connectivity index (χ2n) is 4.92. The second kappa shape index (κ2) is 7.65. The molecule has 0 aliphatic rings. The number of ether oxygens (including phenoxy) is 1. The molecule has 0 aliphatic heterocycles. The summed E-state index contributed by atoms with van der Waals surface area (Å²) in [5.41, 5.74) is 8.37. The predicted molar refractivity (Wildman–Crippen MR) is 86.5 cm³/mol. The van der Waals surface area contributed by atoms with E-state index in [1.165, 1.54) is 11.4 Å². The van der Waals surface area contributed by atoms with Crippen LogP contribution < -0.4 is 15.4 Å². The van der Waals surface area contributed by atoms with Crippen molar-refractivity contribution in [1.82, 2.24) is 0 Å². The van der Waals surface area contributed by atoms with Gasteiger partial charge in [0.1, 0.15) is 5.75 Å². The highest BCUT2D eigenvalue weighted by Gasteiger charge is 2.18. The number of hydrogen-bond donors (Lipinski definition) is 1. The van der Waals surface area contributed by atoms with Crippen molar-refractivity contribution >= 4 is 17.4 Å². The van der Waals surface area contributed by atoms with Gasteiger partial charge in [0, 0.05) is 30.4 Å². The molecule has 3 nitrogen and oxygen atoms in total. The monoisotopic (exact) mass is 282 g/mol. The fourth-order valence-corrected chi connectivity index (χ4v) is 2.77. The van der Waals surface area contributed by atoms with Crippen LogP contribution >= 0.6 is 11.8 Å². The van der Waals surface area contributed by atoms with E-state index >= 15 is 0 Å². The number of methoxy groups -OCH3 is 1. The Morgan fingerprint density at radius 3 is 2.58 bits per heavy atom. The van der Waals surface area contributed by atoms with Crippen molar-refractivity contribution in [2.24, 2.45) is 5.73 Å². The van der Waals surface area contributed by atoms with Crippen LogP contribution in [0.4, 0.5) is 5.69 Å². The summed E-state index contributed by atoms with van der Waals surface area (Å²) >= 11 is 1.88. The van der Waals surface area contributed by atoms with Gasteiger partial charge in [-0.2, -0.15) is 11.8 Å². The van der Waals surface area contributed by atoms with E-state index < -0.39 is 0 Å². The van der Waals surface area contributed by atoms with Crippen molar-refractivity contribution in [1.29, 1.82) is 0 Å². The standard InChI is InChI=1S/C15H26N2OS/c1-11(9-10-19-5)17(3)13-7-6-8-14(18-4)15(13)12(2)16/h6-8,11-12H,9-10,16H2,1-5H3/t11?,12-/m1/s1. The topological polar surface area (TPSA) is 38.5 Å². The molecule has 0 spiro atoms. The Bertz CT molecular complexity index is 396. The Hall–Kier alpha value is -0.870. The van der Waals surface area contributed by atoms with E-state index in [-0.39, 0.29) is 6.04 Å². The summed E-state index contributed by atoms with van der Waals surface area (Å²) in [6, 6.07) is 6.57. The fraction of sp³-hybridized carbons (Fsp3) is 0.600. The highest BCUT2D eigenvalue weighted by Crippen LogP contribution is 2.34. The van der Waals surface area contributed by atoms with Crippen LogP contribution in [-0.4, -0.2) is 32.2 Å². The molecule has 0 fully saturated rings. The maximum atomic E-state index is 6.12. The van der Waals surface area contributed by atoms with Crippen molar-refractivity contribution in [3.63, 3.8) is 0 Å². The fourth-order valence-electron chi connectivity index (χ4n) is 2.20. The summed E-state index contributed by atoms with van der Waals surface area (Å²) in [5.74, 6) is 2.04. The van der Waals surface area contributed by atoms with Gasteiger partial charge in [0.25, 0.3) is 0 Å². The van der Waals surface area contributed by atoms with Gasteiger partial charge >= 0.3 is 0 Å². The van der Waals surface area contributed by atoms with Gasteiger partial charge < -0.3 is 15.4 Å². The van der Waals surface area contributed by atoms with E-state index in [4.69, 9.17) is 10.5 Å². The lowest BCUT2D eigenvalue weighted by Crippen LogP contribution is -2.31. The molecule has 4 heteroatoms. The van der Waals surface area contributed by atoms with Crippen LogP contribution in [0, 0.1) is 0 Å². The molecule has 0 radical (unpaired) electrons. The van der Waals surface area contributed by atoms with E-state index in [0.29, 0.717) is 6.04 Å². The molecule has 1 unspecified atom stereocenters. The lowest BCUT2D eigenvalue weighted by atomic mass is 10.0. The molecule has 108 valence electrons. The number of anilines is 1. The normalized spacial score (nSPS) is 14.0. The van der Waals surface area contributed by atoms with Crippen LogP contribution in [0.15, 0.2) is 18.2 Å². The smallest absolute Gasteiger partial charge is 0.125 e. The predicted octanol–water partition coefficient (Wildman–Crippen LogP) is 3.29. The summed E-state index contributed by atoms with van der Waals surface area (Å²) < 4.78 is 5.45. The van der Waals surface area contributed by atoms with Crippen molar-refractivity contribution < 1.29 is 4.74 Å². The molecule has 1 aromatic rings. The third kappa shape index (κ3) is 4.05. The number of rotatable bonds is 7. The molecule has 1 aromatic carbocycles. The van der Waals surface area contributed by atoms with Crippen LogP contribution in [0.1, 0.15) is 31.9 Å². The Kier molecular flexibility index (Phi) is 6.52. The Labute approximate surface area is 121 Å². The minimum atomic E-state index is -0.0404. The molecule has 19 heavy (non-hydrogen) atoms. The molecular weight excluding hydrogens is 256 g/mol. The second-order valence-corrected chi connectivity index (χ2v) is 5.91. The zero-order valence-electron chi connectivity index (χ0n) is 12.6. The summed E-state index contributed by atoms with van der Waals surface area (Å²) in [4.78, 5) is 2.30. The van der Waals surface area contributed by atoms with Crippen molar-refractivity contribution in [3.05, 3.63) is 23.8 Å². The molecule has 0 aromatic heterocycles. The van der Waals surface area contributed by atoms with E-state index in [1.54, 1.807) is 7.11 Å². The van der Waals surface area contributed by atoms with Gasteiger partial charge in [0.15, 0.2) is 0 Å². The largest absolute Gasteiger partial charge is 0.496 e. The molecule has 0 saturated carbocycles. The van der Waals surface area contributed by atoms with Gasteiger partial charge in [-0.15, -0.1) is 0 Å². The first-order valence-electron chi connectivity index (χ1n) is 6.67. The molecule has 0 bridgehead atoms. The molecule has 0 heterocycles. The molecule has 2 atom stereocenters. The van der Waals surface area contributed by atoms with Crippen LogP contribution in [0.5, 0.6) is 5.75 Å². The molecule has 1 rings (SSSR count). The third-order valence-electron chi connectivity index (χ3n) is 3.50. The molecular formula is C15H26N2OS. The number of nitrogens with zero attached hydrogens (tertiary/aromatic N) is 1. The van der Waals surface area contributed by atoms with Crippen LogP contribution in [0.25, 0.3) is 0 Å². The Morgan fingerprint density at radius 2 is 2.05 bits per heavy atom. The zero-order chi connectivity index (χ0) is 14.4. The first kappa shape index (κ1) is 16.2. The Balaban J connectivity index is 3.04. The zero-order valence-corrected chi connectivity index (χ0v) is 13.5. The van der Waals surface area contributed by atoms with Crippen LogP contribution in [-0.2, 0) is 0 Å². The summed E-state index contributed by atoms with van der Waals surface area (Å²) in [6.45, 7) is 4.25. The molecule has 0 saturated heterocycles. The third-order valence-corrected chi connectivity index (χ3v) is 4.14. The first-order chi connectivity index (χ1) is 9.02. The maximum absolute atomic E-state index is 6.12. The summed E-state index contributed by atoms with van der Waals surface area (Å²) in [7, 11) is 3.83. The van der Waals surface area contributed by atoms with Gasteiger partial charge in [-0.3, -0.25) is 0 Å². The molecule has 2 N–H and O–H groups in total. The maximum Gasteiger partial charge on any atom is 0.125 e. The summed E-state index contributed by atoms with van der Waals surface area (Å²) in [6.07, 6.45) is 3.30. The molecule has 0 aliphatic carbocycles. The van der Waals surface area contributed by atoms with Gasteiger partial charge in [-0.05, 0) is 44.4 Å². The van der Waals surface area contributed by atoms with E-state index in [1.807, 2.05) is 30.8 Å². The number of thioether (sulfide) groups is 1. The minimum Gasteiger partial charge on any atom is -0.496 e. The van der Waals surface area contributed by atoms with E-state index in [0.717, 1.165) is 17.7 Å². The summed E-state index contributed by atoms with van der Waals surface area (Å²) in [5, 5.41) is 0. The quantitative estimate of drug-likeness (QED) is 0.833. The minimum absolute atomic E-state index is 0.0404. The van der Waals surface area contributed by atoms with Crippen molar-refractivity contribution in [2.75, 3.05) is 31.1 Å². The lowest BCUT2D eigenvalue weighted by Gasteiger charge is -2.30. The Morgan fingerprint density at radius 1 is 1.37 bits per heavy atom. The van der Waals surface area contributed by atoms with E-state index in [2.05, 4.69) is 31.2 Å². The van der Waals surface area contributed by atoms with Crippen molar-refractivity contribution in [3.8, 4) is 5.75 Å². The van der Waals surface area contributed by atoms with Gasteiger partial charge in [-0.25, -0.2) is 0 Å². The van der Waals surface area contributed by atoms with Crippen LogP contribution in [0.2, 0.25) is 0 Å². The number of benzene rings is 1. The van der Waals surface area contributed by atoms with Gasteiger partial charge in [0.05, 0.1) is 7.11 Å². The number of hydrogen-bond acceptors (Lipinski definition) is 4. The lowest BCUT2D eigenvalue weighted by molar-refractivity contribution is 0.406. The first-order valence-corrected chi connectivity index (χ1v) is 8.06. The van der Waals surface area contributed by atoms with Gasteiger partial charge in [0.2, 0.25) is 0 Å². The number of nitrogens with two attached hydrogens (primary N) is 1. The SMILES string of the molecule is COc1cccc(N(C)C(C)CCSC)c1[C@@H](C)N. The molecule has 0 amide bonds.